The number of benzene rings is 1. The zero-order valence-corrected chi connectivity index (χ0v) is 15.9. The van der Waals surface area contributed by atoms with E-state index in [1.807, 2.05) is 0 Å². The first-order valence-electron chi connectivity index (χ1n) is 8.72. The standard InChI is InChI=1S/C19H22N4O5/c1-10-16-13(22-23-19(20)25)5-4-6-14(16)28-17(10)18(24)21-12-8-7-11(26-2)9-15(12)27-3/h7-9H,4-6H2,1-3H3,(H,21,24)(H3,20,23,25)/b22-13+. The van der Waals surface area contributed by atoms with Crippen molar-refractivity contribution < 1.29 is 23.5 Å². The number of ether oxygens (including phenoxy) is 2. The molecular formula is C19H22N4O5. The molecular weight excluding hydrogens is 364 g/mol. The molecule has 1 aliphatic carbocycles. The Morgan fingerprint density at radius 3 is 2.68 bits per heavy atom. The highest BCUT2D eigenvalue weighted by Gasteiger charge is 2.28. The van der Waals surface area contributed by atoms with E-state index in [9.17, 15) is 9.59 Å². The van der Waals surface area contributed by atoms with Gasteiger partial charge in [-0.3, -0.25) is 4.79 Å². The molecule has 9 heteroatoms. The fourth-order valence-electron chi connectivity index (χ4n) is 3.20. The monoisotopic (exact) mass is 386 g/mol. The SMILES string of the molecule is COc1ccc(NC(=O)c2oc3c(c2C)/C(=N/NC(N)=O)CCC3)c(OC)c1. The molecule has 9 nitrogen and oxygen atoms in total. The van der Waals surface area contributed by atoms with Crippen LogP contribution in [0.2, 0.25) is 0 Å². The zero-order chi connectivity index (χ0) is 20.3. The molecule has 1 heterocycles. The Balaban J connectivity index is 1.90. The van der Waals surface area contributed by atoms with Gasteiger partial charge in [0.2, 0.25) is 0 Å². The molecule has 0 radical (unpaired) electrons. The molecule has 1 aromatic heterocycles. The van der Waals surface area contributed by atoms with E-state index in [1.165, 1.54) is 7.11 Å². The van der Waals surface area contributed by atoms with Crippen LogP contribution in [0.4, 0.5) is 10.5 Å². The lowest BCUT2D eigenvalue weighted by atomic mass is 9.93. The first-order valence-corrected chi connectivity index (χ1v) is 8.72. The van der Waals surface area contributed by atoms with Gasteiger partial charge in [0.05, 0.1) is 25.6 Å². The molecule has 1 aromatic carbocycles. The summed E-state index contributed by atoms with van der Waals surface area (Å²) in [6.45, 7) is 1.79. The normalized spacial score (nSPS) is 14.3. The Bertz CT molecular complexity index is 948. The molecule has 148 valence electrons. The summed E-state index contributed by atoms with van der Waals surface area (Å²) in [5.41, 5.74) is 9.87. The van der Waals surface area contributed by atoms with Crippen molar-refractivity contribution in [2.75, 3.05) is 19.5 Å². The number of rotatable bonds is 5. The maximum absolute atomic E-state index is 12.8. The van der Waals surface area contributed by atoms with Gasteiger partial charge in [-0.15, -0.1) is 0 Å². The number of nitrogens with zero attached hydrogens (tertiary/aromatic N) is 1. The molecule has 3 amide bonds. The van der Waals surface area contributed by atoms with Crippen molar-refractivity contribution in [3.05, 3.63) is 40.8 Å². The van der Waals surface area contributed by atoms with Crippen molar-refractivity contribution in [3.63, 3.8) is 0 Å². The van der Waals surface area contributed by atoms with E-state index in [0.717, 1.165) is 12.0 Å². The van der Waals surface area contributed by atoms with Gasteiger partial charge in [-0.05, 0) is 31.9 Å². The molecule has 0 bridgehead atoms. The Morgan fingerprint density at radius 1 is 1.21 bits per heavy atom. The summed E-state index contributed by atoms with van der Waals surface area (Å²) in [6.07, 6.45) is 2.14. The molecule has 0 spiro atoms. The van der Waals surface area contributed by atoms with Crippen LogP contribution in [0.15, 0.2) is 27.7 Å². The van der Waals surface area contributed by atoms with E-state index in [0.29, 0.717) is 47.1 Å². The number of anilines is 1. The van der Waals surface area contributed by atoms with Crippen LogP contribution in [0.25, 0.3) is 0 Å². The number of carbonyl (C=O) groups is 2. The molecule has 0 unspecified atom stereocenters. The Hall–Kier alpha value is -3.49. The van der Waals surface area contributed by atoms with Gasteiger partial charge < -0.3 is 24.9 Å². The number of nitrogens with two attached hydrogens (primary N) is 1. The average molecular weight is 386 g/mol. The van der Waals surface area contributed by atoms with Crippen LogP contribution < -0.4 is 25.9 Å². The van der Waals surface area contributed by atoms with Gasteiger partial charge in [0.25, 0.3) is 5.91 Å². The molecule has 0 saturated heterocycles. The predicted molar refractivity (Wildman–Crippen MR) is 103 cm³/mol. The maximum atomic E-state index is 12.8. The van der Waals surface area contributed by atoms with Crippen molar-refractivity contribution in [1.82, 2.24) is 5.43 Å². The number of amides is 3. The lowest BCUT2D eigenvalue weighted by molar-refractivity contribution is 0.0993. The van der Waals surface area contributed by atoms with Crippen LogP contribution in [0.1, 0.15) is 40.3 Å². The molecule has 0 atom stereocenters. The van der Waals surface area contributed by atoms with Crippen molar-refractivity contribution >= 4 is 23.3 Å². The van der Waals surface area contributed by atoms with E-state index in [2.05, 4.69) is 15.8 Å². The highest BCUT2D eigenvalue weighted by Crippen LogP contribution is 2.32. The van der Waals surface area contributed by atoms with Gasteiger partial charge in [-0.2, -0.15) is 5.10 Å². The molecule has 2 aromatic rings. The molecule has 4 N–H and O–H groups in total. The minimum atomic E-state index is -0.745. The maximum Gasteiger partial charge on any atom is 0.332 e. The smallest absolute Gasteiger partial charge is 0.332 e. The Morgan fingerprint density at radius 2 is 2.00 bits per heavy atom. The number of hydrogen-bond donors (Lipinski definition) is 3. The minimum Gasteiger partial charge on any atom is -0.497 e. The van der Waals surface area contributed by atoms with Gasteiger partial charge in [-0.25, -0.2) is 10.2 Å². The van der Waals surface area contributed by atoms with Gasteiger partial charge >= 0.3 is 6.03 Å². The number of urea groups is 1. The number of furan rings is 1. The number of carbonyl (C=O) groups excluding carboxylic acids is 2. The minimum absolute atomic E-state index is 0.191. The van der Waals surface area contributed by atoms with E-state index >= 15 is 0 Å². The third kappa shape index (κ3) is 3.78. The van der Waals surface area contributed by atoms with Gasteiger partial charge in [-0.1, -0.05) is 0 Å². The number of fused-ring (bicyclic) bond motifs is 1. The van der Waals surface area contributed by atoms with E-state index in [-0.39, 0.29) is 5.76 Å². The summed E-state index contributed by atoms with van der Waals surface area (Å²) in [5, 5.41) is 6.86. The average Bonchev–Trinajstić information content (AvgIpc) is 3.04. The second kappa shape index (κ2) is 8.03. The number of methoxy groups -OCH3 is 2. The largest absolute Gasteiger partial charge is 0.497 e. The van der Waals surface area contributed by atoms with Crippen LogP contribution in [0.3, 0.4) is 0 Å². The fraction of sp³-hybridized carbons (Fsp3) is 0.316. The summed E-state index contributed by atoms with van der Waals surface area (Å²) in [5.74, 6) is 1.53. The van der Waals surface area contributed by atoms with Gasteiger partial charge in [0.15, 0.2) is 5.76 Å². The van der Waals surface area contributed by atoms with Crippen molar-refractivity contribution in [2.45, 2.75) is 26.2 Å². The predicted octanol–water partition coefficient (Wildman–Crippen LogP) is 2.57. The number of hydrogen-bond acceptors (Lipinski definition) is 6. The van der Waals surface area contributed by atoms with Crippen molar-refractivity contribution in [3.8, 4) is 11.5 Å². The van der Waals surface area contributed by atoms with Crippen LogP contribution in [-0.2, 0) is 6.42 Å². The lowest BCUT2D eigenvalue weighted by Crippen LogP contribution is -2.27. The molecule has 0 saturated carbocycles. The molecule has 1 aliphatic rings. The van der Waals surface area contributed by atoms with E-state index in [1.54, 1.807) is 32.2 Å². The number of primary amides is 1. The van der Waals surface area contributed by atoms with Crippen LogP contribution in [0, 0.1) is 6.92 Å². The number of hydrazone groups is 1. The second-order valence-corrected chi connectivity index (χ2v) is 6.26. The second-order valence-electron chi connectivity index (χ2n) is 6.26. The third-order valence-electron chi connectivity index (χ3n) is 4.49. The van der Waals surface area contributed by atoms with Gasteiger partial charge in [0.1, 0.15) is 17.3 Å². The Labute approximate surface area is 161 Å². The summed E-state index contributed by atoms with van der Waals surface area (Å²) >= 11 is 0. The highest BCUT2D eigenvalue weighted by molar-refractivity contribution is 6.09. The number of nitrogens with one attached hydrogen (secondary N) is 2. The zero-order valence-electron chi connectivity index (χ0n) is 15.9. The summed E-state index contributed by atoms with van der Waals surface area (Å²) < 4.78 is 16.3. The lowest BCUT2D eigenvalue weighted by Gasteiger charge is -2.13. The van der Waals surface area contributed by atoms with Crippen LogP contribution in [0.5, 0.6) is 11.5 Å². The topological polar surface area (TPSA) is 128 Å². The van der Waals surface area contributed by atoms with E-state index < -0.39 is 11.9 Å². The van der Waals surface area contributed by atoms with Gasteiger partial charge in [0, 0.05) is 23.6 Å². The highest BCUT2D eigenvalue weighted by atomic mass is 16.5. The molecule has 0 fully saturated rings. The van der Waals surface area contributed by atoms with Crippen molar-refractivity contribution in [2.24, 2.45) is 10.8 Å². The molecule has 0 aliphatic heterocycles. The first kappa shape index (κ1) is 19.3. The summed E-state index contributed by atoms with van der Waals surface area (Å²) in [6, 6.07) is 4.34. The number of aryl methyl sites for hydroxylation is 1. The Kier molecular flexibility index (Phi) is 5.53. The van der Waals surface area contributed by atoms with E-state index in [4.69, 9.17) is 19.6 Å². The van der Waals surface area contributed by atoms with Crippen molar-refractivity contribution in [1.29, 1.82) is 0 Å². The first-order chi connectivity index (χ1) is 13.4. The molecule has 28 heavy (non-hydrogen) atoms. The third-order valence-corrected chi connectivity index (χ3v) is 4.49. The van der Waals surface area contributed by atoms with Crippen LogP contribution >= 0.6 is 0 Å². The summed E-state index contributed by atoms with van der Waals surface area (Å²) in [4.78, 5) is 23.8. The molecule has 3 rings (SSSR count). The fourth-order valence-corrected chi connectivity index (χ4v) is 3.20. The van der Waals surface area contributed by atoms with Crippen LogP contribution in [-0.4, -0.2) is 31.9 Å². The summed E-state index contributed by atoms with van der Waals surface area (Å²) in [7, 11) is 3.06. The quantitative estimate of drug-likeness (QED) is 0.680.